The minimum atomic E-state index is -1.07. The molecule has 0 bridgehead atoms. The molecule has 7 nitrogen and oxygen atoms in total. The predicted octanol–water partition coefficient (Wildman–Crippen LogP) is -0.997. The van der Waals surface area contributed by atoms with Crippen LogP contribution in [0.25, 0.3) is 0 Å². The van der Waals surface area contributed by atoms with E-state index in [4.69, 9.17) is 10.8 Å². The molecule has 4 N–H and O–H groups in total. The molecule has 0 saturated heterocycles. The van der Waals surface area contributed by atoms with Crippen LogP contribution in [0.3, 0.4) is 0 Å². The topological polar surface area (TPSA) is 114 Å². The molecule has 2 unspecified atom stereocenters. The van der Waals surface area contributed by atoms with Crippen molar-refractivity contribution >= 4 is 5.97 Å². The highest BCUT2D eigenvalue weighted by molar-refractivity contribution is 5.73. The number of rotatable bonds is 6. The molecular formula is C9H16N4O3. The van der Waals surface area contributed by atoms with Gasteiger partial charge in [0.2, 0.25) is 0 Å². The molecule has 16 heavy (non-hydrogen) atoms. The van der Waals surface area contributed by atoms with E-state index in [1.165, 1.54) is 4.68 Å². The van der Waals surface area contributed by atoms with E-state index in [9.17, 15) is 9.90 Å². The molecular weight excluding hydrogens is 212 g/mol. The molecule has 0 aromatic carbocycles. The summed E-state index contributed by atoms with van der Waals surface area (Å²) in [5.41, 5.74) is 5.87. The summed E-state index contributed by atoms with van der Waals surface area (Å²) in [6, 6.07) is -0.971. The van der Waals surface area contributed by atoms with Crippen LogP contribution in [-0.2, 0) is 17.8 Å². The van der Waals surface area contributed by atoms with Gasteiger partial charge >= 0.3 is 5.97 Å². The number of nitrogens with two attached hydrogens (primary N) is 1. The summed E-state index contributed by atoms with van der Waals surface area (Å²) in [6.45, 7) is 2.22. The van der Waals surface area contributed by atoms with Gasteiger partial charge in [0.25, 0.3) is 0 Å². The van der Waals surface area contributed by atoms with Gasteiger partial charge < -0.3 is 15.9 Å². The van der Waals surface area contributed by atoms with Gasteiger partial charge in [-0.3, -0.25) is 4.79 Å². The van der Waals surface area contributed by atoms with Crippen LogP contribution in [-0.4, -0.2) is 43.3 Å². The van der Waals surface area contributed by atoms with Gasteiger partial charge in [0.05, 0.1) is 18.3 Å². The first-order valence-electron chi connectivity index (χ1n) is 5.08. The summed E-state index contributed by atoms with van der Waals surface area (Å²) >= 11 is 0. The minimum Gasteiger partial charge on any atom is -0.480 e. The van der Waals surface area contributed by atoms with Gasteiger partial charge in [0, 0.05) is 12.6 Å². The molecule has 1 aromatic heterocycles. The maximum Gasteiger partial charge on any atom is 0.320 e. The van der Waals surface area contributed by atoms with Crippen molar-refractivity contribution in [1.29, 1.82) is 0 Å². The van der Waals surface area contributed by atoms with E-state index < -0.39 is 18.1 Å². The Bertz CT molecular complexity index is 352. The fourth-order valence-corrected chi connectivity index (χ4v) is 1.18. The first kappa shape index (κ1) is 12.6. The standard InChI is InChI=1S/C9H16N4O3/c1-2-7(14)5-13-4-6(11-12-13)3-8(10)9(15)16/h4,7-8,14H,2-3,5,10H2,1H3,(H,15,16). The summed E-state index contributed by atoms with van der Waals surface area (Å²) in [6.07, 6.45) is 1.89. The third kappa shape index (κ3) is 3.59. The molecule has 0 radical (unpaired) electrons. The van der Waals surface area contributed by atoms with Gasteiger partial charge in [-0.05, 0) is 6.42 Å². The zero-order chi connectivity index (χ0) is 12.1. The lowest BCUT2D eigenvalue weighted by Crippen LogP contribution is -2.32. The van der Waals surface area contributed by atoms with Crippen molar-refractivity contribution in [2.45, 2.75) is 38.5 Å². The number of hydrogen-bond donors (Lipinski definition) is 3. The Morgan fingerprint density at radius 1 is 1.69 bits per heavy atom. The van der Waals surface area contributed by atoms with Crippen LogP contribution in [0.1, 0.15) is 19.0 Å². The molecule has 1 rings (SSSR count). The number of aliphatic hydroxyl groups is 1. The lowest BCUT2D eigenvalue weighted by atomic mass is 10.2. The highest BCUT2D eigenvalue weighted by Crippen LogP contribution is 2.00. The van der Waals surface area contributed by atoms with Crippen LogP contribution in [0.15, 0.2) is 6.20 Å². The Hall–Kier alpha value is -1.47. The second-order valence-corrected chi connectivity index (χ2v) is 3.64. The smallest absolute Gasteiger partial charge is 0.320 e. The average molecular weight is 228 g/mol. The molecule has 0 fully saturated rings. The van der Waals surface area contributed by atoms with E-state index in [2.05, 4.69) is 10.3 Å². The first-order valence-corrected chi connectivity index (χ1v) is 5.08. The van der Waals surface area contributed by atoms with Crippen molar-refractivity contribution in [3.63, 3.8) is 0 Å². The molecule has 0 spiro atoms. The Balaban J connectivity index is 2.54. The van der Waals surface area contributed by atoms with Gasteiger partial charge in [-0.25, -0.2) is 4.68 Å². The Kier molecular flexibility index (Phi) is 4.39. The quantitative estimate of drug-likeness (QED) is 0.575. The van der Waals surface area contributed by atoms with Crippen LogP contribution in [0.5, 0.6) is 0 Å². The SMILES string of the molecule is CCC(O)Cn1cc(CC(N)C(=O)O)nn1. The number of nitrogens with zero attached hydrogens (tertiary/aromatic N) is 3. The van der Waals surface area contributed by atoms with E-state index in [0.717, 1.165) is 0 Å². The third-order valence-electron chi connectivity index (χ3n) is 2.20. The maximum absolute atomic E-state index is 10.5. The van der Waals surface area contributed by atoms with E-state index in [-0.39, 0.29) is 6.42 Å². The summed E-state index contributed by atoms with van der Waals surface area (Å²) in [7, 11) is 0. The van der Waals surface area contributed by atoms with Crippen LogP contribution in [0.4, 0.5) is 0 Å². The van der Waals surface area contributed by atoms with E-state index in [1.807, 2.05) is 6.92 Å². The lowest BCUT2D eigenvalue weighted by molar-refractivity contribution is -0.138. The largest absolute Gasteiger partial charge is 0.480 e. The number of aromatic nitrogens is 3. The number of hydrogen-bond acceptors (Lipinski definition) is 5. The van der Waals surface area contributed by atoms with Gasteiger partial charge in [-0.2, -0.15) is 0 Å². The van der Waals surface area contributed by atoms with Crippen LogP contribution < -0.4 is 5.73 Å². The number of carbonyl (C=O) groups is 1. The fraction of sp³-hybridized carbons (Fsp3) is 0.667. The van der Waals surface area contributed by atoms with Crippen molar-refractivity contribution in [3.8, 4) is 0 Å². The summed E-state index contributed by atoms with van der Waals surface area (Å²) in [5, 5.41) is 25.6. The molecule has 1 heterocycles. The highest BCUT2D eigenvalue weighted by Gasteiger charge is 2.14. The fourth-order valence-electron chi connectivity index (χ4n) is 1.18. The maximum atomic E-state index is 10.5. The highest BCUT2D eigenvalue weighted by atomic mass is 16.4. The van der Waals surface area contributed by atoms with Crippen molar-refractivity contribution in [2.75, 3.05) is 0 Å². The molecule has 0 aliphatic rings. The lowest BCUT2D eigenvalue weighted by Gasteiger charge is -2.05. The van der Waals surface area contributed by atoms with Crippen molar-refractivity contribution < 1.29 is 15.0 Å². The second kappa shape index (κ2) is 5.57. The van der Waals surface area contributed by atoms with Crippen molar-refractivity contribution in [2.24, 2.45) is 5.73 Å². The summed E-state index contributed by atoms with van der Waals surface area (Å²) < 4.78 is 1.48. The van der Waals surface area contributed by atoms with E-state index >= 15 is 0 Å². The van der Waals surface area contributed by atoms with Gasteiger partial charge in [0.15, 0.2) is 0 Å². The van der Waals surface area contributed by atoms with Crippen LogP contribution in [0, 0.1) is 0 Å². The summed E-state index contributed by atoms with van der Waals surface area (Å²) in [5.74, 6) is -1.07. The normalized spacial score (nSPS) is 14.7. The summed E-state index contributed by atoms with van der Waals surface area (Å²) in [4.78, 5) is 10.5. The van der Waals surface area contributed by atoms with Crippen LogP contribution >= 0.6 is 0 Å². The molecule has 7 heteroatoms. The molecule has 0 aliphatic carbocycles. The average Bonchev–Trinajstić information content (AvgIpc) is 2.65. The molecule has 0 saturated carbocycles. The first-order chi connectivity index (χ1) is 7.52. The van der Waals surface area contributed by atoms with E-state index in [1.54, 1.807) is 6.20 Å². The Labute approximate surface area is 92.9 Å². The Morgan fingerprint density at radius 3 is 2.94 bits per heavy atom. The molecule has 90 valence electrons. The molecule has 2 atom stereocenters. The number of carboxylic acids is 1. The number of carboxylic acid groups (broad SMARTS) is 1. The van der Waals surface area contributed by atoms with Gasteiger partial charge in [-0.1, -0.05) is 12.1 Å². The number of aliphatic carboxylic acids is 1. The molecule has 0 amide bonds. The zero-order valence-corrected chi connectivity index (χ0v) is 9.08. The van der Waals surface area contributed by atoms with Crippen molar-refractivity contribution in [3.05, 3.63) is 11.9 Å². The molecule has 1 aromatic rings. The van der Waals surface area contributed by atoms with E-state index in [0.29, 0.717) is 18.7 Å². The van der Waals surface area contributed by atoms with Crippen molar-refractivity contribution in [1.82, 2.24) is 15.0 Å². The number of aliphatic hydroxyl groups excluding tert-OH is 1. The predicted molar refractivity (Wildman–Crippen MR) is 55.6 cm³/mol. The van der Waals surface area contributed by atoms with Gasteiger partial charge in [-0.15, -0.1) is 5.10 Å². The molecule has 0 aliphatic heterocycles. The van der Waals surface area contributed by atoms with Crippen LogP contribution in [0.2, 0.25) is 0 Å². The zero-order valence-electron chi connectivity index (χ0n) is 9.08. The minimum absolute atomic E-state index is 0.136. The Morgan fingerprint density at radius 2 is 2.38 bits per heavy atom. The third-order valence-corrected chi connectivity index (χ3v) is 2.20. The van der Waals surface area contributed by atoms with Gasteiger partial charge in [0.1, 0.15) is 6.04 Å². The second-order valence-electron chi connectivity index (χ2n) is 3.64. The monoisotopic (exact) mass is 228 g/mol.